The third-order valence-corrected chi connectivity index (χ3v) is 3.92. The van der Waals surface area contributed by atoms with Gasteiger partial charge in [0.05, 0.1) is 11.5 Å². The summed E-state index contributed by atoms with van der Waals surface area (Å²) in [5.41, 5.74) is 1.98. The zero-order valence-corrected chi connectivity index (χ0v) is 14.3. The zero-order valence-electron chi connectivity index (χ0n) is 14.3. The lowest BCUT2D eigenvalue weighted by Crippen LogP contribution is -2.22. The zero-order chi connectivity index (χ0) is 18.2. The molecule has 0 aliphatic rings. The van der Waals surface area contributed by atoms with E-state index in [0.717, 1.165) is 12.8 Å². The Balaban J connectivity index is 1.97. The molecule has 25 heavy (non-hydrogen) atoms. The Morgan fingerprint density at radius 2 is 1.56 bits per heavy atom. The fourth-order valence-electron chi connectivity index (χ4n) is 2.39. The molecule has 0 aromatic heterocycles. The van der Waals surface area contributed by atoms with Gasteiger partial charge in [0, 0.05) is 0 Å². The van der Waals surface area contributed by atoms with Crippen LogP contribution in [0.1, 0.15) is 47.7 Å². The number of esters is 1. The average Bonchev–Trinajstić information content (AvgIpc) is 2.62. The van der Waals surface area contributed by atoms with E-state index < -0.39 is 11.9 Å². The normalized spacial score (nSPS) is 10.3. The highest BCUT2D eigenvalue weighted by molar-refractivity contribution is 6.13. The maximum atomic E-state index is 12.2. The van der Waals surface area contributed by atoms with Gasteiger partial charge in [-0.15, -0.1) is 0 Å². The van der Waals surface area contributed by atoms with Crippen LogP contribution in [0.25, 0.3) is 5.57 Å². The molecule has 0 aliphatic carbocycles. The third-order valence-electron chi connectivity index (χ3n) is 3.92. The maximum Gasteiger partial charge on any atom is 0.343 e. The molecule has 0 bridgehead atoms. The highest BCUT2D eigenvalue weighted by Gasteiger charge is 2.09. The van der Waals surface area contributed by atoms with Crippen molar-refractivity contribution in [2.75, 3.05) is 0 Å². The summed E-state index contributed by atoms with van der Waals surface area (Å²) in [5.74, 6) is -1.44. The molecule has 2 aromatic rings. The molecule has 2 aromatic carbocycles. The Morgan fingerprint density at radius 3 is 2.12 bits per heavy atom. The van der Waals surface area contributed by atoms with Crippen LogP contribution >= 0.6 is 0 Å². The van der Waals surface area contributed by atoms with Gasteiger partial charge in [-0.25, -0.2) is 4.79 Å². The Bertz CT molecular complexity index is 742. The number of hydrogen-bond donors (Lipinski definition) is 0. The van der Waals surface area contributed by atoms with Crippen LogP contribution < -0.4 is 9.84 Å². The molecular formula is C21H21O4-. The number of aryl methyl sites for hydroxylation is 1. The van der Waals surface area contributed by atoms with Gasteiger partial charge in [-0.05, 0) is 53.8 Å². The van der Waals surface area contributed by atoms with Gasteiger partial charge in [0.1, 0.15) is 5.75 Å². The second-order valence-electron chi connectivity index (χ2n) is 5.83. The van der Waals surface area contributed by atoms with Crippen LogP contribution in [0.5, 0.6) is 5.75 Å². The molecule has 2 rings (SSSR count). The van der Waals surface area contributed by atoms with Crippen molar-refractivity contribution in [1.82, 2.24) is 0 Å². The molecule has 0 radical (unpaired) electrons. The van der Waals surface area contributed by atoms with Crippen LogP contribution in [0.3, 0.4) is 0 Å². The van der Waals surface area contributed by atoms with E-state index in [1.54, 1.807) is 12.1 Å². The van der Waals surface area contributed by atoms with E-state index >= 15 is 0 Å². The number of carbonyl (C=O) groups excluding carboxylic acids is 2. The number of benzene rings is 2. The minimum Gasteiger partial charge on any atom is -0.545 e. The van der Waals surface area contributed by atoms with Crippen LogP contribution in [-0.4, -0.2) is 11.9 Å². The summed E-state index contributed by atoms with van der Waals surface area (Å²) in [6.07, 6.45) is 4.53. The van der Waals surface area contributed by atoms with Gasteiger partial charge >= 0.3 is 5.97 Å². The average molecular weight is 337 g/mol. The van der Waals surface area contributed by atoms with Gasteiger partial charge in [-0.2, -0.15) is 0 Å². The Kier molecular flexibility index (Phi) is 6.52. The van der Waals surface area contributed by atoms with E-state index in [4.69, 9.17) is 4.74 Å². The number of rotatable bonds is 8. The summed E-state index contributed by atoms with van der Waals surface area (Å²) < 4.78 is 5.30. The lowest BCUT2D eigenvalue weighted by Gasteiger charge is -2.09. The topological polar surface area (TPSA) is 66.4 Å². The summed E-state index contributed by atoms with van der Waals surface area (Å²) >= 11 is 0. The largest absolute Gasteiger partial charge is 0.545 e. The number of unbranched alkanes of at least 4 members (excludes halogenated alkanes) is 2. The number of carboxylic acids is 1. The molecule has 0 fully saturated rings. The molecular weight excluding hydrogens is 316 g/mol. The fraction of sp³-hybridized carbons (Fsp3) is 0.238. The number of aliphatic carboxylic acids is 1. The van der Waals surface area contributed by atoms with Crippen molar-refractivity contribution < 1.29 is 19.4 Å². The minimum absolute atomic E-state index is 0.114. The highest BCUT2D eigenvalue weighted by atomic mass is 16.5. The van der Waals surface area contributed by atoms with E-state index in [1.165, 1.54) is 42.7 Å². The van der Waals surface area contributed by atoms with Crippen molar-refractivity contribution in [1.29, 1.82) is 0 Å². The molecule has 0 saturated heterocycles. The predicted molar refractivity (Wildman–Crippen MR) is 95.1 cm³/mol. The maximum absolute atomic E-state index is 12.2. The van der Waals surface area contributed by atoms with Gasteiger partial charge in [0.15, 0.2) is 0 Å². The van der Waals surface area contributed by atoms with Crippen LogP contribution in [0, 0.1) is 0 Å². The van der Waals surface area contributed by atoms with Gasteiger partial charge in [-0.1, -0.05) is 50.6 Å². The molecule has 0 saturated carbocycles. The molecule has 0 unspecified atom stereocenters. The molecule has 0 N–H and O–H groups in total. The summed E-state index contributed by atoms with van der Waals surface area (Å²) in [6.45, 7) is 5.59. The van der Waals surface area contributed by atoms with Crippen molar-refractivity contribution in [2.24, 2.45) is 0 Å². The predicted octanol–water partition coefficient (Wildman–Crippen LogP) is 3.40. The lowest BCUT2D eigenvalue weighted by atomic mass is 10.1. The van der Waals surface area contributed by atoms with Gasteiger partial charge in [0.25, 0.3) is 0 Å². The first-order valence-electron chi connectivity index (χ1n) is 8.33. The van der Waals surface area contributed by atoms with E-state index in [0.29, 0.717) is 16.9 Å². The smallest absolute Gasteiger partial charge is 0.343 e. The Morgan fingerprint density at radius 1 is 0.960 bits per heavy atom. The SMILES string of the molecule is C=C(C(=O)[O-])c1ccc(OC(=O)c2ccc(CCCCC)cc2)cc1. The first-order valence-corrected chi connectivity index (χ1v) is 8.33. The molecule has 0 amide bonds. The number of carbonyl (C=O) groups is 2. The quantitative estimate of drug-likeness (QED) is 0.320. The van der Waals surface area contributed by atoms with E-state index in [9.17, 15) is 14.7 Å². The van der Waals surface area contributed by atoms with E-state index in [2.05, 4.69) is 13.5 Å². The van der Waals surface area contributed by atoms with E-state index in [-0.39, 0.29) is 5.57 Å². The van der Waals surface area contributed by atoms with Crippen molar-refractivity contribution in [3.05, 3.63) is 71.8 Å². The summed E-state index contributed by atoms with van der Waals surface area (Å²) in [6, 6.07) is 13.5. The summed E-state index contributed by atoms with van der Waals surface area (Å²) in [4.78, 5) is 22.9. The Labute approximate surface area is 147 Å². The van der Waals surface area contributed by atoms with Crippen LogP contribution in [0.15, 0.2) is 55.1 Å². The molecule has 4 nitrogen and oxygen atoms in total. The molecule has 0 heterocycles. The van der Waals surface area contributed by atoms with Crippen molar-refractivity contribution >= 4 is 17.5 Å². The van der Waals surface area contributed by atoms with E-state index in [1.807, 2.05) is 12.1 Å². The highest BCUT2D eigenvalue weighted by Crippen LogP contribution is 2.19. The molecule has 130 valence electrons. The van der Waals surface area contributed by atoms with Gasteiger partial charge in [-0.3, -0.25) is 0 Å². The van der Waals surface area contributed by atoms with Crippen LogP contribution in [0.4, 0.5) is 0 Å². The first-order chi connectivity index (χ1) is 12.0. The number of ether oxygens (including phenoxy) is 1. The molecule has 0 atom stereocenters. The molecule has 4 heteroatoms. The van der Waals surface area contributed by atoms with Gasteiger partial charge in [0.2, 0.25) is 0 Å². The standard InChI is InChI=1S/C21H22O4/c1-3-4-5-6-16-7-9-18(10-8-16)21(24)25-19-13-11-17(12-14-19)15(2)20(22)23/h7-14H,2-6H2,1H3,(H,22,23)/p-1. The van der Waals surface area contributed by atoms with Crippen LogP contribution in [0.2, 0.25) is 0 Å². The van der Waals surface area contributed by atoms with Crippen molar-refractivity contribution in [3.8, 4) is 5.75 Å². The minimum atomic E-state index is -1.33. The summed E-state index contributed by atoms with van der Waals surface area (Å²) in [7, 11) is 0. The summed E-state index contributed by atoms with van der Waals surface area (Å²) in [5, 5.41) is 10.8. The lowest BCUT2D eigenvalue weighted by molar-refractivity contribution is -0.295. The van der Waals surface area contributed by atoms with Crippen molar-refractivity contribution in [3.63, 3.8) is 0 Å². The Hall–Kier alpha value is -2.88. The van der Waals surface area contributed by atoms with Gasteiger partial charge < -0.3 is 14.6 Å². The first kappa shape index (κ1) is 18.5. The second-order valence-corrected chi connectivity index (χ2v) is 5.83. The molecule has 0 spiro atoms. The monoisotopic (exact) mass is 337 g/mol. The fourth-order valence-corrected chi connectivity index (χ4v) is 2.39. The molecule has 0 aliphatic heterocycles. The number of hydrogen-bond acceptors (Lipinski definition) is 4. The number of carboxylic acid groups (broad SMARTS) is 1. The second kappa shape index (κ2) is 8.83. The van der Waals surface area contributed by atoms with Crippen molar-refractivity contribution in [2.45, 2.75) is 32.6 Å². The third kappa shape index (κ3) is 5.31. The van der Waals surface area contributed by atoms with Crippen LogP contribution in [-0.2, 0) is 11.2 Å².